The molecule has 1 aromatic heterocycles. The number of nitrogens with zero attached hydrogens (tertiary/aromatic N) is 1. The highest BCUT2D eigenvalue weighted by Crippen LogP contribution is 2.15. The van der Waals surface area contributed by atoms with Gasteiger partial charge in [-0.2, -0.15) is 0 Å². The number of amides is 1. The topological polar surface area (TPSA) is 68.0 Å². The number of nitrogens with two attached hydrogens (primary N) is 1. The Morgan fingerprint density at radius 3 is 2.59 bits per heavy atom. The number of benzene rings is 1. The van der Waals surface area contributed by atoms with E-state index in [1.54, 1.807) is 17.5 Å². The lowest BCUT2D eigenvalue weighted by atomic mass is 10.1. The highest BCUT2D eigenvalue weighted by molar-refractivity contribution is 7.09. The minimum Gasteiger partial charge on any atom is -0.351 e. The van der Waals surface area contributed by atoms with E-state index in [1.807, 2.05) is 0 Å². The number of hydrogen-bond donors (Lipinski definition) is 2. The molecule has 2 aromatic rings. The van der Waals surface area contributed by atoms with Gasteiger partial charge in [-0.15, -0.1) is 36.2 Å². The second kappa shape index (κ2) is 10.5. The van der Waals surface area contributed by atoms with E-state index >= 15 is 0 Å². The normalized spacial score (nSPS) is 9.55. The largest absolute Gasteiger partial charge is 0.351 e. The number of thiazole rings is 1. The van der Waals surface area contributed by atoms with Crippen molar-refractivity contribution in [2.24, 2.45) is 5.73 Å². The van der Waals surface area contributed by atoms with E-state index in [9.17, 15) is 9.18 Å². The second-order valence-corrected chi connectivity index (χ2v) is 5.27. The summed E-state index contributed by atoms with van der Waals surface area (Å²) in [6, 6.07) is 6.28. The maximum Gasteiger partial charge on any atom is 0.270 e. The first kappa shape index (κ1) is 20.8. The molecule has 0 fully saturated rings. The third-order valence-electron chi connectivity index (χ3n) is 2.72. The SMILES string of the molecule is Cl.Cl.NCCCNC(=O)c1csc(Cc2ccc(F)cc2)n1. The van der Waals surface area contributed by atoms with Gasteiger partial charge < -0.3 is 11.1 Å². The van der Waals surface area contributed by atoms with Crippen molar-refractivity contribution >= 4 is 42.1 Å². The van der Waals surface area contributed by atoms with Crippen LogP contribution in [0.5, 0.6) is 0 Å². The maximum atomic E-state index is 12.8. The molecule has 2 rings (SSSR count). The molecule has 0 saturated carbocycles. The van der Waals surface area contributed by atoms with E-state index in [0.29, 0.717) is 25.2 Å². The van der Waals surface area contributed by atoms with Crippen molar-refractivity contribution in [2.45, 2.75) is 12.8 Å². The summed E-state index contributed by atoms with van der Waals surface area (Å²) in [7, 11) is 0. The van der Waals surface area contributed by atoms with E-state index in [-0.39, 0.29) is 36.5 Å². The molecule has 0 aliphatic rings. The highest BCUT2D eigenvalue weighted by Gasteiger charge is 2.10. The number of rotatable bonds is 6. The van der Waals surface area contributed by atoms with Gasteiger partial charge in [-0.05, 0) is 30.7 Å². The fourth-order valence-corrected chi connectivity index (χ4v) is 2.48. The van der Waals surface area contributed by atoms with Crippen LogP contribution >= 0.6 is 36.2 Å². The molecule has 122 valence electrons. The second-order valence-electron chi connectivity index (χ2n) is 4.33. The molecule has 0 radical (unpaired) electrons. The van der Waals surface area contributed by atoms with Crippen LogP contribution in [0.2, 0.25) is 0 Å². The first-order valence-electron chi connectivity index (χ1n) is 6.36. The van der Waals surface area contributed by atoms with E-state index in [2.05, 4.69) is 10.3 Å². The molecule has 0 aliphatic carbocycles. The van der Waals surface area contributed by atoms with E-state index in [4.69, 9.17) is 5.73 Å². The van der Waals surface area contributed by atoms with Gasteiger partial charge in [0.05, 0.1) is 5.01 Å². The van der Waals surface area contributed by atoms with E-state index < -0.39 is 0 Å². The summed E-state index contributed by atoms with van der Waals surface area (Å²) >= 11 is 1.43. The van der Waals surface area contributed by atoms with Crippen molar-refractivity contribution in [2.75, 3.05) is 13.1 Å². The van der Waals surface area contributed by atoms with Crippen molar-refractivity contribution < 1.29 is 9.18 Å². The minimum absolute atomic E-state index is 0. The molecule has 1 heterocycles. The van der Waals surface area contributed by atoms with Crippen LogP contribution in [-0.4, -0.2) is 24.0 Å². The number of carbonyl (C=O) groups excluding carboxylic acids is 1. The monoisotopic (exact) mass is 365 g/mol. The lowest BCUT2D eigenvalue weighted by Crippen LogP contribution is -2.26. The average Bonchev–Trinajstić information content (AvgIpc) is 2.90. The molecule has 0 saturated heterocycles. The van der Waals surface area contributed by atoms with Crippen LogP contribution in [0, 0.1) is 5.82 Å². The van der Waals surface area contributed by atoms with Crippen LogP contribution in [0.25, 0.3) is 0 Å². The Kier molecular flexibility index (Phi) is 9.93. The predicted octanol–water partition coefficient (Wildman–Crippen LogP) is 2.80. The van der Waals surface area contributed by atoms with Gasteiger partial charge >= 0.3 is 0 Å². The minimum atomic E-state index is -0.257. The van der Waals surface area contributed by atoms with Gasteiger partial charge in [0, 0.05) is 18.3 Å². The van der Waals surface area contributed by atoms with Crippen molar-refractivity contribution in [3.63, 3.8) is 0 Å². The van der Waals surface area contributed by atoms with Gasteiger partial charge in [-0.1, -0.05) is 12.1 Å². The number of halogens is 3. The van der Waals surface area contributed by atoms with Gasteiger partial charge in [-0.3, -0.25) is 4.79 Å². The molecule has 1 amide bonds. The number of hydrogen-bond acceptors (Lipinski definition) is 4. The fourth-order valence-electron chi connectivity index (χ4n) is 1.67. The molecule has 8 heteroatoms. The van der Waals surface area contributed by atoms with Gasteiger partial charge in [0.15, 0.2) is 0 Å². The van der Waals surface area contributed by atoms with Crippen molar-refractivity contribution in [3.05, 3.63) is 51.7 Å². The third-order valence-corrected chi connectivity index (χ3v) is 3.57. The molecule has 22 heavy (non-hydrogen) atoms. The molecule has 0 atom stereocenters. The first-order chi connectivity index (χ1) is 9.69. The Labute approximate surface area is 145 Å². The fraction of sp³-hybridized carbons (Fsp3) is 0.286. The number of carbonyl (C=O) groups is 1. The van der Waals surface area contributed by atoms with Crippen LogP contribution < -0.4 is 11.1 Å². The summed E-state index contributed by atoms with van der Waals surface area (Å²) < 4.78 is 12.8. The van der Waals surface area contributed by atoms with Crippen LogP contribution in [0.15, 0.2) is 29.6 Å². The summed E-state index contributed by atoms with van der Waals surface area (Å²) in [5.74, 6) is -0.437. The molecular formula is C14H18Cl2FN3OS. The Bertz CT molecular complexity index is 578. The summed E-state index contributed by atoms with van der Waals surface area (Å²) in [6.07, 6.45) is 1.35. The van der Waals surface area contributed by atoms with Crippen LogP contribution in [0.4, 0.5) is 4.39 Å². The zero-order chi connectivity index (χ0) is 14.4. The van der Waals surface area contributed by atoms with E-state index in [1.165, 1.54) is 23.5 Å². The molecule has 0 spiro atoms. The molecule has 0 bridgehead atoms. The maximum absolute atomic E-state index is 12.8. The van der Waals surface area contributed by atoms with Crippen molar-refractivity contribution in [1.82, 2.24) is 10.3 Å². The summed E-state index contributed by atoms with van der Waals surface area (Å²) in [5.41, 5.74) is 6.75. The lowest BCUT2D eigenvalue weighted by Gasteiger charge is -2.00. The average molecular weight is 366 g/mol. The molecule has 0 unspecified atom stereocenters. The molecular weight excluding hydrogens is 348 g/mol. The quantitative estimate of drug-likeness (QED) is 0.773. The van der Waals surface area contributed by atoms with Crippen molar-refractivity contribution in [1.29, 1.82) is 0 Å². The van der Waals surface area contributed by atoms with Crippen molar-refractivity contribution in [3.8, 4) is 0 Å². The Morgan fingerprint density at radius 1 is 1.27 bits per heavy atom. The smallest absolute Gasteiger partial charge is 0.270 e. The molecule has 0 aliphatic heterocycles. The van der Waals surface area contributed by atoms with Gasteiger partial charge in [0.2, 0.25) is 0 Å². The van der Waals surface area contributed by atoms with E-state index in [0.717, 1.165) is 17.0 Å². The standard InChI is InChI=1S/C14H16FN3OS.2ClH/c15-11-4-2-10(3-5-11)8-13-18-12(9-20-13)14(19)17-7-1-6-16;;/h2-5,9H,1,6-8,16H2,(H,17,19);2*1H. The van der Waals surface area contributed by atoms with Gasteiger partial charge in [-0.25, -0.2) is 9.37 Å². The highest BCUT2D eigenvalue weighted by atomic mass is 35.5. The zero-order valence-corrected chi connectivity index (χ0v) is 14.2. The molecule has 1 aromatic carbocycles. The number of nitrogens with one attached hydrogen (secondary N) is 1. The Hall–Kier alpha value is -1.21. The summed E-state index contributed by atoms with van der Waals surface area (Å²) in [4.78, 5) is 16.1. The number of aromatic nitrogens is 1. The van der Waals surface area contributed by atoms with Crippen LogP contribution in [-0.2, 0) is 6.42 Å². The molecule has 4 nitrogen and oxygen atoms in total. The zero-order valence-electron chi connectivity index (χ0n) is 11.8. The lowest BCUT2D eigenvalue weighted by molar-refractivity contribution is 0.0949. The summed E-state index contributed by atoms with van der Waals surface area (Å²) in [6.45, 7) is 1.10. The summed E-state index contributed by atoms with van der Waals surface area (Å²) in [5, 5.41) is 5.33. The van der Waals surface area contributed by atoms with Crippen LogP contribution in [0.1, 0.15) is 27.5 Å². The molecule has 3 N–H and O–H groups in total. The first-order valence-corrected chi connectivity index (χ1v) is 7.24. The van der Waals surface area contributed by atoms with Gasteiger partial charge in [0.25, 0.3) is 5.91 Å². The van der Waals surface area contributed by atoms with Crippen LogP contribution in [0.3, 0.4) is 0 Å². The Morgan fingerprint density at radius 2 is 1.95 bits per heavy atom. The van der Waals surface area contributed by atoms with Gasteiger partial charge in [0.1, 0.15) is 11.5 Å². The predicted molar refractivity (Wildman–Crippen MR) is 91.8 cm³/mol. The Balaban J connectivity index is 0.00000220. The third kappa shape index (κ3) is 6.27.